The van der Waals surface area contributed by atoms with Crippen LogP contribution in [-0.2, 0) is 4.79 Å². The monoisotopic (exact) mass is 423 g/mol. The van der Waals surface area contributed by atoms with Gasteiger partial charge in [-0.05, 0) is 36.8 Å². The van der Waals surface area contributed by atoms with Crippen LogP contribution in [0.3, 0.4) is 0 Å². The van der Waals surface area contributed by atoms with Gasteiger partial charge in [-0.3, -0.25) is 4.79 Å². The van der Waals surface area contributed by atoms with Crippen molar-refractivity contribution < 1.29 is 9.53 Å². The van der Waals surface area contributed by atoms with E-state index in [1.165, 1.54) is 0 Å². The van der Waals surface area contributed by atoms with E-state index in [2.05, 4.69) is 26.5 Å². The Kier molecular flexibility index (Phi) is 8.01. The van der Waals surface area contributed by atoms with Gasteiger partial charge in [-0.15, -0.1) is 0 Å². The van der Waals surface area contributed by atoms with Crippen LogP contribution in [0.2, 0.25) is 0 Å². The molecule has 0 saturated carbocycles. The van der Waals surface area contributed by atoms with Crippen LogP contribution in [0.5, 0.6) is 5.75 Å². The molecule has 2 rings (SSSR count). The fourth-order valence-electron chi connectivity index (χ4n) is 2.00. The highest BCUT2D eigenvalue weighted by molar-refractivity contribution is 9.10. The topological polar surface area (TPSA) is 74.5 Å². The van der Waals surface area contributed by atoms with Gasteiger partial charge < -0.3 is 4.74 Å². The number of carbonyl (C=O) groups is 1. The predicted molar refractivity (Wildman–Crippen MR) is 110 cm³/mol. The van der Waals surface area contributed by atoms with Gasteiger partial charge in [-0.1, -0.05) is 64.5 Å². The van der Waals surface area contributed by atoms with E-state index in [1.54, 1.807) is 31.2 Å². The largest absolute Gasteiger partial charge is 0.482 e. The van der Waals surface area contributed by atoms with E-state index in [0.29, 0.717) is 17.0 Å². The summed E-state index contributed by atoms with van der Waals surface area (Å²) in [5.74, 6) is -0.0584. The minimum Gasteiger partial charge on any atom is -0.482 e. The van der Waals surface area contributed by atoms with E-state index in [-0.39, 0.29) is 6.61 Å². The standard InChI is InChI=1S/C21H18BrN3O2/c1-16(7-5-6-10-17-8-3-2-4-9-17)24-25-21(26)15-27-20-12-11-19(22)13-18(20)14-23/h2-13H,15H2,1H3,(H,25,26)/b7-5+,10-6+,24-16-. The van der Waals surface area contributed by atoms with E-state index < -0.39 is 5.91 Å². The third kappa shape index (κ3) is 7.30. The Morgan fingerprint density at radius 2 is 2.04 bits per heavy atom. The molecule has 0 aliphatic carbocycles. The zero-order valence-electron chi connectivity index (χ0n) is 14.7. The molecule has 0 aliphatic heterocycles. The highest BCUT2D eigenvalue weighted by Crippen LogP contribution is 2.22. The first-order chi connectivity index (χ1) is 13.1. The van der Waals surface area contributed by atoms with Crippen molar-refractivity contribution in [2.45, 2.75) is 6.92 Å². The van der Waals surface area contributed by atoms with E-state index in [4.69, 9.17) is 10.00 Å². The molecule has 0 spiro atoms. The minimum atomic E-state index is -0.408. The number of hydrogen-bond donors (Lipinski definition) is 1. The third-order valence-electron chi connectivity index (χ3n) is 3.31. The van der Waals surface area contributed by atoms with E-state index in [1.807, 2.05) is 54.6 Å². The molecule has 1 amide bonds. The molecule has 1 N–H and O–H groups in total. The number of nitrogens with one attached hydrogen (secondary N) is 1. The smallest absolute Gasteiger partial charge is 0.277 e. The number of nitriles is 1. The molecule has 6 heteroatoms. The number of amides is 1. The molecule has 2 aromatic rings. The number of hydrogen-bond acceptors (Lipinski definition) is 4. The maximum atomic E-state index is 11.8. The summed E-state index contributed by atoms with van der Waals surface area (Å²) in [6, 6.07) is 17.0. The lowest BCUT2D eigenvalue weighted by molar-refractivity contribution is -0.123. The summed E-state index contributed by atoms with van der Waals surface area (Å²) in [5, 5.41) is 13.1. The lowest BCUT2D eigenvalue weighted by Crippen LogP contribution is -2.25. The van der Waals surface area contributed by atoms with E-state index >= 15 is 0 Å². The van der Waals surface area contributed by atoms with Gasteiger partial charge >= 0.3 is 0 Å². The lowest BCUT2D eigenvalue weighted by atomic mass is 10.2. The van der Waals surface area contributed by atoms with Gasteiger partial charge in [0.1, 0.15) is 11.8 Å². The third-order valence-corrected chi connectivity index (χ3v) is 3.81. The molecule has 0 bridgehead atoms. The molecule has 0 fully saturated rings. The fourth-order valence-corrected chi connectivity index (χ4v) is 2.37. The van der Waals surface area contributed by atoms with Crippen LogP contribution in [0.1, 0.15) is 18.1 Å². The summed E-state index contributed by atoms with van der Waals surface area (Å²) in [6.45, 7) is 1.54. The molecule has 0 radical (unpaired) electrons. The Morgan fingerprint density at radius 3 is 2.78 bits per heavy atom. The van der Waals surface area contributed by atoms with Gasteiger partial charge in [0.25, 0.3) is 5.91 Å². The van der Waals surface area contributed by atoms with E-state index in [9.17, 15) is 4.79 Å². The molecule has 0 heterocycles. The SMILES string of the molecule is CC(/C=C/C=C/c1ccccc1)=N/NC(=O)COc1ccc(Br)cc1C#N. The molecule has 2 aromatic carbocycles. The summed E-state index contributed by atoms with van der Waals surface area (Å²) in [4.78, 5) is 11.8. The quantitative estimate of drug-likeness (QED) is 0.405. The van der Waals surface area contributed by atoms with Gasteiger partial charge in [-0.25, -0.2) is 5.43 Å². The molecule has 0 atom stereocenters. The summed E-state index contributed by atoms with van der Waals surface area (Å²) in [6.07, 6.45) is 7.50. The zero-order valence-corrected chi connectivity index (χ0v) is 16.3. The number of carbonyl (C=O) groups excluding carboxylic acids is 1. The second-order valence-electron chi connectivity index (χ2n) is 5.46. The maximum absolute atomic E-state index is 11.8. The van der Waals surface area contributed by atoms with Crippen LogP contribution >= 0.6 is 15.9 Å². The Morgan fingerprint density at radius 1 is 1.26 bits per heavy atom. The molecule has 0 unspecified atom stereocenters. The van der Waals surface area contributed by atoms with Gasteiger partial charge in [-0.2, -0.15) is 10.4 Å². The van der Waals surface area contributed by atoms with Crippen LogP contribution < -0.4 is 10.2 Å². The Bertz CT molecular complexity index is 913. The molecule has 0 aromatic heterocycles. The summed E-state index contributed by atoms with van der Waals surface area (Å²) >= 11 is 3.28. The summed E-state index contributed by atoms with van der Waals surface area (Å²) in [5.41, 5.74) is 4.51. The molecule has 0 aliphatic rings. The van der Waals surface area contributed by atoms with Crippen molar-refractivity contribution in [1.29, 1.82) is 5.26 Å². The van der Waals surface area contributed by atoms with E-state index in [0.717, 1.165) is 10.0 Å². The highest BCUT2D eigenvalue weighted by atomic mass is 79.9. The molecular weight excluding hydrogens is 406 g/mol. The van der Waals surface area contributed by atoms with Gasteiger partial charge in [0.2, 0.25) is 0 Å². The second-order valence-corrected chi connectivity index (χ2v) is 6.37. The molecular formula is C21H18BrN3O2. The van der Waals surface area contributed by atoms with Gasteiger partial charge in [0.05, 0.1) is 11.3 Å². The van der Waals surface area contributed by atoms with Gasteiger partial charge in [0.15, 0.2) is 6.61 Å². The van der Waals surface area contributed by atoms with Crippen molar-refractivity contribution in [2.24, 2.45) is 5.10 Å². The predicted octanol–water partition coefficient (Wildman–Crippen LogP) is 4.46. The first kappa shape index (κ1) is 20.1. The van der Waals surface area contributed by atoms with Crippen molar-refractivity contribution in [3.05, 3.63) is 82.4 Å². The van der Waals surface area contributed by atoms with Crippen LogP contribution in [0, 0.1) is 11.3 Å². The average molecular weight is 424 g/mol. The zero-order chi connectivity index (χ0) is 19.5. The summed E-state index contributed by atoms with van der Waals surface area (Å²) < 4.78 is 6.14. The number of ether oxygens (including phenoxy) is 1. The molecule has 136 valence electrons. The fraction of sp³-hybridized carbons (Fsp3) is 0.0952. The van der Waals surface area contributed by atoms with Crippen LogP contribution in [0.15, 0.2) is 76.3 Å². The normalized spacial score (nSPS) is 11.5. The number of halogens is 1. The molecule has 0 saturated heterocycles. The first-order valence-electron chi connectivity index (χ1n) is 8.14. The van der Waals surface area contributed by atoms with Crippen molar-refractivity contribution in [3.8, 4) is 11.8 Å². The van der Waals surface area contributed by atoms with Crippen LogP contribution in [0.25, 0.3) is 6.08 Å². The second kappa shape index (κ2) is 10.7. The van der Waals surface area contributed by atoms with Crippen molar-refractivity contribution in [1.82, 2.24) is 5.43 Å². The number of allylic oxidation sites excluding steroid dienone is 3. The van der Waals surface area contributed by atoms with Gasteiger partial charge in [0, 0.05) is 4.47 Å². The highest BCUT2D eigenvalue weighted by Gasteiger charge is 2.07. The Balaban J connectivity index is 1.81. The van der Waals surface area contributed by atoms with Crippen LogP contribution in [0.4, 0.5) is 0 Å². The number of hydrazone groups is 1. The lowest BCUT2D eigenvalue weighted by Gasteiger charge is -2.07. The summed E-state index contributed by atoms with van der Waals surface area (Å²) in [7, 11) is 0. The molecule has 27 heavy (non-hydrogen) atoms. The molecule has 5 nitrogen and oxygen atoms in total. The van der Waals surface area contributed by atoms with Crippen molar-refractivity contribution >= 4 is 33.6 Å². The Labute approximate surface area is 166 Å². The number of rotatable bonds is 7. The van der Waals surface area contributed by atoms with Crippen LogP contribution in [-0.4, -0.2) is 18.2 Å². The number of nitrogens with zero attached hydrogens (tertiary/aromatic N) is 2. The first-order valence-corrected chi connectivity index (χ1v) is 8.93. The average Bonchev–Trinajstić information content (AvgIpc) is 2.69. The number of benzene rings is 2. The van der Waals surface area contributed by atoms with Crippen molar-refractivity contribution in [2.75, 3.05) is 6.61 Å². The maximum Gasteiger partial charge on any atom is 0.277 e. The minimum absolute atomic E-state index is 0.231. The Hall–Kier alpha value is -3.17. The van der Waals surface area contributed by atoms with Crippen molar-refractivity contribution in [3.63, 3.8) is 0 Å².